The van der Waals surface area contributed by atoms with Gasteiger partial charge < -0.3 is 9.47 Å². The normalized spacial score (nSPS) is 10.1. The summed E-state index contributed by atoms with van der Waals surface area (Å²) in [4.78, 5) is 44.7. The number of non-ortho nitro benzene ring substituents is 1. The van der Waals surface area contributed by atoms with Gasteiger partial charge >= 0.3 is 11.9 Å². The number of carbonyl (C=O) groups excluding carboxylic acids is 2. The van der Waals surface area contributed by atoms with Crippen LogP contribution in [0, 0.1) is 20.2 Å². The summed E-state index contributed by atoms with van der Waals surface area (Å²) in [6.07, 6.45) is 0. The van der Waals surface area contributed by atoms with Crippen LogP contribution in [-0.2, 0) is 0 Å². The van der Waals surface area contributed by atoms with Crippen LogP contribution >= 0.6 is 0 Å². The molecule has 150 valence electrons. The first-order valence-corrected chi connectivity index (χ1v) is 8.37. The summed E-state index contributed by atoms with van der Waals surface area (Å²) < 4.78 is 10.3. The second-order valence-electron chi connectivity index (χ2n) is 5.83. The van der Waals surface area contributed by atoms with Crippen LogP contribution in [0.4, 0.5) is 11.4 Å². The number of nitro benzene ring substituents is 2. The van der Waals surface area contributed by atoms with Crippen molar-refractivity contribution in [1.82, 2.24) is 0 Å². The van der Waals surface area contributed by atoms with E-state index in [-0.39, 0.29) is 34.0 Å². The lowest BCUT2D eigenvalue weighted by atomic mass is 10.2. The van der Waals surface area contributed by atoms with Crippen LogP contribution in [0.15, 0.2) is 72.8 Å². The molecule has 0 aromatic heterocycles. The standard InChI is InChI=1S/C20H12N2O8/c23-19(13-5-7-14(8-6-13)21(25)26)29-15-9-11-16(12-10-15)30-20(24)17-3-1-2-4-18(17)22(27)28/h1-12H. The lowest BCUT2D eigenvalue weighted by Crippen LogP contribution is -2.11. The molecule has 0 bridgehead atoms. The molecule has 10 nitrogen and oxygen atoms in total. The molecular weight excluding hydrogens is 396 g/mol. The van der Waals surface area contributed by atoms with Gasteiger partial charge in [-0.25, -0.2) is 9.59 Å². The minimum atomic E-state index is -0.905. The molecule has 0 saturated heterocycles. The minimum absolute atomic E-state index is 0.0910. The third kappa shape index (κ3) is 4.62. The lowest BCUT2D eigenvalue weighted by Gasteiger charge is -2.07. The third-order valence-electron chi connectivity index (χ3n) is 3.88. The van der Waals surface area contributed by atoms with Crippen LogP contribution in [0.1, 0.15) is 20.7 Å². The Balaban J connectivity index is 1.66. The fourth-order valence-electron chi connectivity index (χ4n) is 2.43. The zero-order valence-corrected chi connectivity index (χ0v) is 15.1. The Morgan fingerprint density at radius 1 is 0.667 bits per heavy atom. The van der Waals surface area contributed by atoms with E-state index in [1.54, 1.807) is 0 Å². The van der Waals surface area contributed by atoms with Crippen molar-refractivity contribution in [1.29, 1.82) is 0 Å². The first kappa shape index (κ1) is 20.1. The fourth-order valence-corrected chi connectivity index (χ4v) is 2.43. The molecule has 0 aliphatic carbocycles. The van der Waals surface area contributed by atoms with E-state index in [4.69, 9.17) is 9.47 Å². The van der Waals surface area contributed by atoms with E-state index < -0.39 is 21.8 Å². The average Bonchev–Trinajstić information content (AvgIpc) is 2.75. The number of nitro groups is 2. The Labute approximate surface area is 168 Å². The van der Waals surface area contributed by atoms with Crippen LogP contribution in [0.5, 0.6) is 11.5 Å². The number of rotatable bonds is 6. The van der Waals surface area contributed by atoms with E-state index in [0.29, 0.717) is 0 Å². The van der Waals surface area contributed by atoms with Crippen molar-refractivity contribution in [2.45, 2.75) is 0 Å². The van der Waals surface area contributed by atoms with Crippen molar-refractivity contribution >= 4 is 23.3 Å². The largest absolute Gasteiger partial charge is 0.423 e. The van der Waals surface area contributed by atoms with E-state index in [1.807, 2.05) is 0 Å². The number of nitrogens with zero attached hydrogens (tertiary/aromatic N) is 2. The van der Waals surface area contributed by atoms with E-state index in [9.17, 15) is 29.8 Å². The molecule has 3 aromatic rings. The maximum Gasteiger partial charge on any atom is 0.350 e. The van der Waals surface area contributed by atoms with Crippen LogP contribution in [0.3, 0.4) is 0 Å². The fraction of sp³-hybridized carbons (Fsp3) is 0. The van der Waals surface area contributed by atoms with Crippen LogP contribution in [-0.4, -0.2) is 21.8 Å². The van der Waals surface area contributed by atoms with Crippen LogP contribution in [0.2, 0.25) is 0 Å². The quantitative estimate of drug-likeness (QED) is 0.259. The van der Waals surface area contributed by atoms with Crippen molar-refractivity contribution in [2.75, 3.05) is 0 Å². The molecule has 0 radical (unpaired) electrons. The number of carbonyl (C=O) groups is 2. The average molecular weight is 408 g/mol. The van der Waals surface area contributed by atoms with Gasteiger partial charge in [-0.15, -0.1) is 0 Å². The molecule has 0 unspecified atom stereocenters. The number of benzene rings is 3. The zero-order chi connectivity index (χ0) is 21.7. The van der Waals surface area contributed by atoms with Gasteiger partial charge in [0.2, 0.25) is 0 Å². The van der Waals surface area contributed by atoms with Crippen molar-refractivity contribution in [3.63, 3.8) is 0 Å². The molecule has 30 heavy (non-hydrogen) atoms. The molecule has 3 rings (SSSR count). The van der Waals surface area contributed by atoms with Crippen molar-refractivity contribution in [3.8, 4) is 11.5 Å². The van der Waals surface area contributed by atoms with Gasteiger partial charge in [-0.3, -0.25) is 20.2 Å². The number of hydrogen-bond acceptors (Lipinski definition) is 8. The van der Waals surface area contributed by atoms with Crippen molar-refractivity contribution in [3.05, 3.63) is 104 Å². The number of para-hydroxylation sites is 1. The number of hydrogen-bond donors (Lipinski definition) is 0. The monoisotopic (exact) mass is 408 g/mol. The molecular formula is C20H12N2O8. The summed E-state index contributed by atoms with van der Waals surface area (Å²) in [5.74, 6) is -1.40. The zero-order valence-electron chi connectivity index (χ0n) is 15.1. The summed E-state index contributed by atoms with van der Waals surface area (Å²) in [6.45, 7) is 0. The molecule has 10 heteroatoms. The Kier molecular flexibility index (Phi) is 5.78. The van der Waals surface area contributed by atoms with Crippen LogP contribution < -0.4 is 9.47 Å². The second kappa shape index (κ2) is 8.61. The highest BCUT2D eigenvalue weighted by molar-refractivity contribution is 5.95. The van der Waals surface area contributed by atoms with E-state index >= 15 is 0 Å². The van der Waals surface area contributed by atoms with E-state index in [0.717, 1.165) is 0 Å². The first-order valence-electron chi connectivity index (χ1n) is 8.37. The second-order valence-corrected chi connectivity index (χ2v) is 5.83. The molecule has 0 aliphatic heterocycles. The maximum atomic E-state index is 12.2. The predicted molar refractivity (Wildman–Crippen MR) is 103 cm³/mol. The Morgan fingerprint density at radius 2 is 1.20 bits per heavy atom. The lowest BCUT2D eigenvalue weighted by molar-refractivity contribution is -0.385. The predicted octanol–water partition coefficient (Wildman–Crippen LogP) is 3.94. The summed E-state index contributed by atoms with van der Waals surface area (Å²) >= 11 is 0. The molecule has 0 N–H and O–H groups in total. The summed E-state index contributed by atoms with van der Waals surface area (Å²) in [6, 6.07) is 15.7. The van der Waals surface area contributed by atoms with Crippen molar-refractivity contribution in [2.24, 2.45) is 0 Å². The van der Waals surface area contributed by atoms with Gasteiger partial charge in [0, 0.05) is 18.2 Å². The molecule has 0 saturated carbocycles. The summed E-state index contributed by atoms with van der Waals surface area (Å²) in [5.41, 5.74) is -0.615. The van der Waals surface area contributed by atoms with Crippen LogP contribution in [0.25, 0.3) is 0 Å². The molecule has 0 spiro atoms. The topological polar surface area (TPSA) is 139 Å². The van der Waals surface area contributed by atoms with Gasteiger partial charge in [-0.2, -0.15) is 0 Å². The smallest absolute Gasteiger partial charge is 0.350 e. The van der Waals surface area contributed by atoms with Gasteiger partial charge in [0.1, 0.15) is 17.1 Å². The molecule has 0 atom stereocenters. The molecule has 0 heterocycles. The Morgan fingerprint density at radius 3 is 1.73 bits per heavy atom. The van der Waals surface area contributed by atoms with Gasteiger partial charge in [0.25, 0.3) is 11.4 Å². The highest BCUT2D eigenvalue weighted by Gasteiger charge is 2.21. The Hall–Kier alpha value is -4.60. The molecule has 0 fully saturated rings. The summed E-state index contributed by atoms with van der Waals surface area (Å²) in [7, 11) is 0. The first-order chi connectivity index (χ1) is 14.3. The maximum absolute atomic E-state index is 12.2. The third-order valence-corrected chi connectivity index (χ3v) is 3.88. The van der Waals surface area contributed by atoms with Gasteiger partial charge in [-0.05, 0) is 42.5 Å². The SMILES string of the molecule is O=C(Oc1ccc(OC(=O)c2ccccc2[N+](=O)[O-])cc1)c1ccc([N+](=O)[O-])cc1. The Bertz CT molecular complexity index is 1120. The summed E-state index contributed by atoms with van der Waals surface area (Å²) in [5, 5.41) is 21.7. The van der Waals surface area contributed by atoms with Gasteiger partial charge in [0.05, 0.1) is 15.4 Å². The van der Waals surface area contributed by atoms with Gasteiger partial charge in [-0.1, -0.05) is 12.1 Å². The van der Waals surface area contributed by atoms with E-state index in [2.05, 4.69) is 0 Å². The minimum Gasteiger partial charge on any atom is -0.423 e. The number of ether oxygens (including phenoxy) is 2. The molecule has 0 aliphatic rings. The van der Waals surface area contributed by atoms with E-state index in [1.165, 1.54) is 72.8 Å². The molecule has 0 amide bonds. The highest BCUT2D eigenvalue weighted by Crippen LogP contribution is 2.23. The van der Waals surface area contributed by atoms with Crippen molar-refractivity contribution < 1.29 is 28.9 Å². The van der Waals surface area contributed by atoms with Gasteiger partial charge in [0.15, 0.2) is 0 Å². The number of esters is 2. The molecule has 3 aromatic carbocycles. The highest BCUT2D eigenvalue weighted by atomic mass is 16.6.